The third kappa shape index (κ3) is 3.46. The summed E-state index contributed by atoms with van der Waals surface area (Å²) in [4.78, 5) is 34.7. The third-order valence-corrected chi connectivity index (χ3v) is 3.20. The SMILES string of the molecule is C[C@@H](C(=O)NCCCC(=O)O)n1nnc2ccccc2c1=O. The van der Waals surface area contributed by atoms with E-state index in [4.69, 9.17) is 5.11 Å². The summed E-state index contributed by atoms with van der Waals surface area (Å²) in [5, 5.41) is 19.2. The highest BCUT2D eigenvalue weighted by molar-refractivity contribution is 5.81. The number of fused-ring (bicyclic) bond motifs is 1. The zero-order valence-electron chi connectivity index (χ0n) is 12.0. The minimum Gasteiger partial charge on any atom is -0.481 e. The molecular weight excluding hydrogens is 288 g/mol. The predicted octanol–water partition coefficient (Wildman–Crippen LogP) is 0.333. The number of carboxylic acid groups (broad SMARTS) is 1. The molecule has 0 fully saturated rings. The van der Waals surface area contributed by atoms with Crippen molar-refractivity contribution in [1.29, 1.82) is 0 Å². The van der Waals surface area contributed by atoms with E-state index in [1.165, 1.54) is 6.92 Å². The van der Waals surface area contributed by atoms with E-state index >= 15 is 0 Å². The van der Waals surface area contributed by atoms with E-state index in [0.29, 0.717) is 17.3 Å². The van der Waals surface area contributed by atoms with Gasteiger partial charge in [0.1, 0.15) is 11.6 Å². The lowest BCUT2D eigenvalue weighted by atomic mass is 10.2. The van der Waals surface area contributed by atoms with Gasteiger partial charge < -0.3 is 10.4 Å². The van der Waals surface area contributed by atoms with Crippen molar-refractivity contribution in [3.05, 3.63) is 34.6 Å². The molecule has 22 heavy (non-hydrogen) atoms. The lowest BCUT2D eigenvalue weighted by Crippen LogP contribution is -2.38. The first kappa shape index (κ1) is 15.6. The first-order valence-electron chi connectivity index (χ1n) is 6.84. The van der Waals surface area contributed by atoms with Crippen molar-refractivity contribution in [3.8, 4) is 0 Å². The second-order valence-corrected chi connectivity index (χ2v) is 4.82. The van der Waals surface area contributed by atoms with Gasteiger partial charge in [-0.25, -0.2) is 0 Å². The zero-order chi connectivity index (χ0) is 16.1. The van der Waals surface area contributed by atoms with Gasteiger partial charge in [-0.3, -0.25) is 14.4 Å². The normalized spacial score (nSPS) is 12.0. The fourth-order valence-corrected chi connectivity index (χ4v) is 1.97. The van der Waals surface area contributed by atoms with E-state index in [2.05, 4.69) is 15.6 Å². The molecule has 2 rings (SSSR count). The molecule has 0 aliphatic rings. The Balaban J connectivity index is 2.10. The highest BCUT2D eigenvalue weighted by Crippen LogP contribution is 2.06. The number of aliphatic carboxylic acids is 1. The van der Waals surface area contributed by atoms with Crippen LogP contribution in [0.1, 0.15) is 25.8 Å². The van der Waals surface area contributed by atoms with Gasteiger partial charge in [-0.2, -0.15) is 4.68 Å². The number of carboxylic acids is 1. The molecule has 0 aliphatic carbocycles. The van der Waals surface area contributed by atoms with E-state index in [-0.39, 0.29) is 13.0 Å². The van der Waals surface area contributed by atoms with Crippen LogP contribution in [0.3, 0.4) is 0 Å². The Morgan fingerprint density at radius 1 is 1.36 bits per heavy atom. The average Bonchev–Trinajstić information content (AvgIpc) is 2.51. The Morgan fingerprint density at radius 2 is 2.09 bits per heavy atom. The van der Waals surface area contributed by atoms with E-state index in [1.807, 2.05) is 0 Å². The summed E-state index contributed by atoms with van der Waals surface area (Å²) in [7, 11) is 0. The Hall–Kier alpha value is -2.77. The number of nitrogens with one attached hydrogen (secondary N) is 1. The molecule has 0 radical (unpaired) electrons. The summed E-state index contributed by atoms with van der Waals surface area (Å²) < 4.78 is 1.02. The largest absolute Gasteiger partial charge is 0.481 e. The van der Waals surface area contributed by atoms with Gasteiger partial charge in [0.05, 0.1) is 5.39 Å². The highest BCUT2D eigenvalue weighted by atomic mass is 16.4. The van der Waals surface area contributed by atoms with Gasteiger partial charge in [0.25, 0.3) is 5.56 Å². The Morgan fingerprint density at radius 3 is 2.82 bits per heavy atom. The average molecular weight is 304 g/mol. The van der Waals surface area contributed by atoms with E-state index < -0.39 is 23.5 Å². The monoisotopic (exact) mass is 304 g/mol. The number of hydrogen-bond donors (Lipinski definition) is 2. The number of carbonyl (C=O) groups is 2. The van der Waals surface area contributed by atoms with Gasteiger partial charge in [-0.15, -0.1) is 5.10 Å². The molecule has 1 aromatic carbocycles. The summed E-state index contributed by atoms with van der Waals surface area (Å²) in [6.45, 7) is 1.77. The summed E-state index contributed by atoms with van der Waals surface area (Å²) in [5.41, 5.74) is 0.0802. The lowest BCUT2D eigenvalue weighted by Gasteiger charge is -2.13. The molecule has 1 atom stereocenters. The topological polar surface area (TPSA) is 114 Å². The van der Waals surface area contributed by atoms with Crippen LogP contribution >= 0.6 is 0 Å². The van der Waals surface area contributed by atoms with Crippen molar-refractivity contribution < 1.29 is 14.7 Å². The molecule has 0 spiro atoms. The lowest BCUT2D eigenvalue weighted by molar-refractivity contribution is -0.137. The molecule has 2 aromatic rings. The number of carbonyl (C=O) groups excluding carboxylic acids is 1. The summed E-state index contributed by atoms with van der Waals surface area (Å²) in [5.74, 6) is -1.32. The second kappa shape index (κ2) is 6.79. The van der Waals surface area contributed by atoms with Crippen molar-refractivity contribution in [3.63, 3.8) is 0 Å². The van der Waals surface area contributed by atoms with Gasteiger partial charge in [-0.1, -0.05) is 17.3 Å². The van der Waals surface area contributed by atoms with Gasteiger partial charge in [0.15, 0.2) is 0 Å². The van der Waals surface area contributed by atoms with Crippen molar-refractivity contribution in [2.24, 2.45) is 0 Å². The Labute approximate surface area is 125 Å². The van der Waals surface area contributed by atoms with Crippen LogP contribution in [0.5, 0.6) is 0 Å². The van der Waals surface area contributed by atoms with E-state index in [1.54, 1.807) is 24.3 Å². The van der Waals surface area contributed by atoms with Gasteiger partial charge in [0.2, 0.25) is 5.91 Å². The molecule has 0 aliphatic heterocycles. The van der Waals surface area contributed by atoms with Gasteiger partial charge >= 0.3 is 5.97 Å². The van der Waals surface area contributed by atoms with Crippen LogP contribution in [-0.4, -0.2) is 38.5 Å². The van der Waals surface area contributed by atoms with Gasteiger partial charge in [0, 0.05) is 13.0 Å². The molecule has 0 saturated heterocycles. The van der Waals surface area contributed by atoms with E-state index in [0.717, 1.165) is 4.68 Å². The first-order chi connectivity index (χ1) is 10.5. The van der Waals surface area contributed by atoms with Crippen LogP contribution in [0.4, 0.5) is 0 Å². The molecular formula is C14H16N4O4. The molecule has 1 amide bonds. The predicted molar refractivity (Wildman–Crippen MR) is 78.4 cm³/mol. The Kier molecular flexibility index (Phi) is 4.82. The number of rotatable bonds is 6. The molecule has 1 heterocycles. The van der Waals surface area contributed by atoms with Crippen LogP contribution in [0.15, 0.2) is 29.1 Å². The maximum atomic E-state index is 12.3. The van der Waals surface area contributed by atoms with Crippen molar-refractivity contribution in [2.75, 3.05) is 6.54 Å². The van der Waals surface area contributed by atoms with Crippen LogP contribution in [-0.2, 0) is 9.59 Å². The maximum Gasteiger partial charge on any atom is 0.303 e. The van der Waals surface area contributed by atoms with Crippen LogP contribution < -0.4 is 10.9 Å². The van der Waals surface area contributed by atoms with Gasteiger partial charge in [-0.05, 0) is 25.5 Å². The number of hydrogen-bond acceptors (Lipinski definition) is 5. The number of nitrogens with zero attached hydrogens (tertiary/aromatic N) is 3. The molecule has 2 N–H and O–H groups in total. The quantitative estimate of drug-likeness (QED) is 0.743. The summed E-state index contributed by atoms with van der Waals surface area (Å²) in [6, 6.07) is 5.94. The fraction of sp³-hybridized carbons (Fsp3) is 0.357. The highest BCUT2D eigenvalue weighted by Gasteiger charge is 2.18. The van der Waals surface area contributed by atoms with Crippen LogP contribution in [0.2, 0.25) is 0 Å². The van der Waals surface area contributed by atoms with Crippen molar-refractivity contribution in [1.82, 2.24) is 20.3 Å². The standard InChI is InChI=1S/C14H16N4O4/c1-9(13(21)15-8-4-7-12(19)20)18-14(22)10-5-2-3-6-11(10)16-17-18/h2-3,5-6,9H,4,7-8H2,1H3,(H,15,21)(H,19,20)/t9-/m0/s1. The minimum absolute atomic E-state index is 0.0234. The maximum absolute atomic E-state index is 12.3. The molecule has 8 heteroatoms. The molecule has 0 saturated carbocycles. The second-order valence-electron chi connectivity index (χ2n) is 4.82. The summed E-state index contributed by atoms with van der Waals surface area (Å²) in [6.07, 6.45) is 0.302. The van der Waals surface area contributed by atoms with Crippen LogP contribution in [0.25, 0.3) is 10.9 Å². The molecule has 116 valence electrons. The van der Waals surface area contributed by atoms with Crippen LogP contribution in [0, 0.1) is 0 Å². The van der Waals surface area contributed by atoms with Crippen molar-refractivity contribution in [2.45, 2.75) is 25.8 Å². The third-order valence-electron chi connectivity index (χ3n) is 3.20. The molecule has 8 nitrogen and oxygen atoms in total. The first-order valence-corrected chi connectivity index (χ1v) is 6.84. The number of amides is 1. The molecule has 1 aromatic heterocycles. The summed E-state index contributed by atoms with van der Waals surface area (Å²) >= 11 is 0. The number of aromatic nitrogens is 3. The minimum atomic E-state index is -0.918. The fourth-order valence-electron chi connectivity index (χ4n) is 1.97. The van der Waals surface area contributed by atoms with E-state index in [9.17, 15) is 14.4 Å². The molecule has 0 bridgehead atoms. The Bertz CT molecular complexity index is 756. The van der Waals surface area contributed by atoms with Crippen molar-refractivity contribution >= 4 is 22.8 Å². The smallest absolute Gasteiger partial charge is 0.303 e. The molecule has 0 unspecified atom stereocenters. The zero-order valence-corrected chi connectivity index (χ0v) is 12.0. The number of benzene rings is 1.